The maximum Gasteiger partial charge on any atom is 0.193 e. The summed E-state index contributed by atoms with van der Waals surface area (Å²) < 4.78 is 0. The van der Waals surface area contributed by atoms with E-state index >= 15 is 0 Å². The monoisotopic (exact) mass is 382 g/mol. The molecular weight excluding hydrogens is 360 g/mol. The van der Waals surface area contributed by atoms with Crippen molar-refractivity contribution < 1.29 is 0 Å². The van der Waals surface area contributed by atoms with E-state index in [0.29, 0.717) is 11.7 Å². The molecular formula is C20H23ClN6. The Balaban J connectivity index is 1.53. The van der Waals surface area contributed by atoms with E-state index in [0.717, 1.165) is 41.6 Å². The van der Waals surface area contributed by atoms with Gasteiger partial charge in [-0.15, -0.1) is 0 Å². The summed E-state index contributed by atoms with van der Waals surface area (Å²) in [7, 11) is 3.77. The Morgan fingerprint density at radius 3 is 2.67 bits per heavy atom. The van der Waals surface area contributed by atoms with E-state index in [-0.39, 0.29) is 0 Å². The average Bonchev–Trinajstić information content (AvgIpc) is 3.16. The molecule has 0 fully saturated rings. The zero-order valence-electron chi connectivity index (χ0n) is 15.5. The smallest absolute Gasteiger partial charge is 0.193 e. The van der Waals surface area contributed by atoms with Crippen LogP contribution in [0.2, 0.25) is 5.15 Å². The van der Waals surface area contributed by atoms with E-state index in [1.165, 1.54) is 0 Å². The van der Waals surface area contributed by atoms with E-state index in [4.69, 9.17) is 11.6 Å². The number of rotatable bonds is 6. The molecule has 0 aliphatic heterocycles. The third kappa shape index (κ3) is 5.31. The van der Waals surface area contributed by atoms with Crippen molar-refractivity contribution in [3.63, 3.8) is 0 Å². The maximum absolute atomic E-state index is 5.82. The second-order valence-electron chi connectivity index (χ2n) is 6.18. The lowest BCUT2D eigenvalue weighted by Gasteiger charge is -2.21. The van der Waals surface area contributed by atoms with Gasteiger partial charge in [0.1, 0.15) is 11.0 Å². The lowest BCUT2D eigenvalue weighted by atomic mass is 10.2. The van der Waals surface area contributed by atoms with Crippen LogP contribution in [-0.4, -0.2) is 46.5 Å². The average molecular weight is 383 g/mol. The van der Waals surface area contributed by atoms with Crippen LogP contribution in [-0.2, 0) is 13.0 Å². The van der Waals surface area contributed by atoms with Crippen molar-refractivity contribution in [1.82, 2.24) is 25.2 Å². The SMILES string of the molecule is CN=C(NCCc1ccc(Cl)nc1)N(C)Cc1ncc(-c2ccccc2)[nH]1. The molecule has 7 heteroatoms. The minimum Gasteiger partial charge on any atom is -0.356 e. The van der Waals surface area contributed by atoms with Crippen LogP contribution >= 0.6 is 11.6 Å². The number of aromatic nitrogens is 3. The van der Waals surface area contributed by atoms with E-state index in [2.05, 4.69) is 37.4 Å². The highest BCUT2D eigenvalue weighted by molar-refractivity contribution is 6.29. The topological polar surface area (TPSA) is 69.2 Å². The largest absolute Gasteiger partial charge is 0.356 e. The Bertz CT molecular complexity index is 873. The fourth-order valence-electron chi connectivity index (χ4n) is 2.76. The molecule has 3 rings (SSSR count). The number of nitrogens with one attached hydrogen (secondary N) is 2. The molecule has 0 amide bonds. The summed E-state index contributed by atoms with van der Waals surface area (Å²) in [5.74, 6) is 1.70. The van der Waals surface area contributed by atoms with E-state index in [1.54, 1.807) is 19.3 Å². The molecule has 0 saturated carbocycles. The molecule has 1 aromatic carbocycles. The van der Waals surface area contributed by atoms with Crippen LogP contribution < -0.4 is 5.32 Å². The number of aromatic amines is 1. The molecule has 0 spiro atoms. The number of pyridine rings is 1. The first-order chi connectivity index (χ1) is 13.2. The van der Waals surface area contributed by atoms with Crippen molar-refractivity contribution >= 4 is 17.6 Å². The number of H-pyrrole nitrogens is 1. The van der Waals surface area contributed by atoms with Gasteiger partial charge in [0.05, 0.1) is 18.4 Å². The number of benzene rings is 1. The van der Waals surface area contributed by atoms with Crippen molar-refractivity contribution in [3.05, 3.63) is 71.4 Å². The van der Waals surface area contributed by atoms with Gasteiger partial charge in [0.25, 0.3) is 0 Å². The van der Waals surface area contributed by atoms with E-state index in [1.807, 2.05) is 42.4 Å². The summed E-state index contributed by atoms with van der Waals surface area (Å²) in [6.07, 6.45) is 4.50. The van der Waals surface area contributed by atoms with Gasteiger partial charge in [-0.25, -0.2) is 9.97 Å². The van der Waals surface area contributed by atoms with Gasteiger partial charge in [0.15, 0.2) is 5.96 Å². The predicted octanol–water partition coefficient (Wildman–Crippen LogP) is 3.38. The Labute approximate surface area is 164 Å². The second kappa shape index (κ2) is 9.19. The first kappa shape index (κ1) is 18.9. The van der Waals surface area contributed by atoms with Gasteiger partial charge < -0.3 is 15.2 Å². The molecule has 0 unspecified atom stereocenters. The van der Waals surface area contributed by atoms with E-state index < -0.39 is 0 Å². The molecule has 0 atom stereocenters. The van der Waals surface area contributed by atoms with Crippen LogP contribution in [0.5, 0.6) is 0 Å². The van der Waals surface area contributed by atoms with E-state index in [9.17, 15) is 0 Å². The van der Waals surface area contributed by atoms with Crippen LogP contribution in [0.1, 0.15) is 11.4 Å². The first-order valence-corrected chi connectivity index (χ1v) is 9.15. The van der Waals surface area contributed by atoms with Crippen molar-refractivity contribution in [2.75, 3.05) is 20.6 Å². The molecule has 0 radical (unpaired) electrons. The number of halogens is 1. The molecule has 0 bridgehead atoms. The molecule has 27 heavy (non-hydrogen) atoms. The van der Waals surface area contributed by atoms with Crippen LogP contribution in [0, 0.1) is 0 Å². The Morgan fingerprint density at radius 2 is 1.96 bits per heavy atom. The number of hydrogen-bond donors (Lipinski definition) is 2. The van der Waals surface area contributed by atoms with Crippen LogP contribution in [0.4, 0.5) is 0 Å². The lowest BCUT2D eigenvalue weighted by molar-refractivity contribution is 0.464. The molecule has 2 aromatic heterocycles. The quantitative estimate of drug-likeness (QED) is 0.389. The van der Waals surface area contributed by atoms with Gasteiger partial charge in [-0.2, -0.15) is 0 Å². The predicted molar refractivity (Wildman–Crippen MR) is 110 cm³/mol. The second-order valence-corrected chi connectivity index (χ2v) is 6.57. The first-order valence-electron chi connectivity index (χ1n) is 8.77. The van der Waals surface area contributed by atoms with Gasteiger partial charge in [-0.3, -0.25) is 4.99 Å². The van der Waals surface area contributed by atoms with Gasteiger partial charge in [-0.05, 0) is 23.6 Å². The normalized spacial score (nSPS) is 11.4. The third-order valence-electron chi connectivity index (χ3n) is 4.16. The fourth-order valence-corrected chi connectivity index (χ4v) is 2.88. The number of guanidine groups is 1. The van der Waals surface area contributed by atoms with Gasteiger partial charge >= 0.3 is 0 Å². The molecule has 2 heterocycles. The third-order valence-corrected chi connectivity index (χ3v) is 4.38. The molecule has 3 aromatic rings. The molecule has 2 N–H and O–H groups in total. The summed E-state index contributed by atoms with van der Waals surface area (Å²) in [6, 6.07) is 14.0. The summed E-state index contributed by atoms with van der Waals surface area (Å²) >= 11 is 5.82. The van der Waals surface area contributed by atoms with Crippen molar-refractivity contribution in [2.24, 2.45) is 4.99 Å². The summed E-state index contributed by atoms with van der Waals surface area (Å²) in [5, 5.41) is 3.87. The zero-order valence-corrected chi connectivity index (χ0v) is 16.2. The lowest BCUT2D eigenvalue weighted by Crippen LogP contribution is -2.39. The summed E-state index contributed by atoms with van der Waals surface area (Å²) in [4.78, 5) is 18.3. The molecule has 0 saturated heterocycles. The van der Waals surface area contributed by atoms with Crippen molar-refractivity contribution in [1.29, 1.82) is 0 Å². The minimum absolute atomic E-state index is 0.510. The highest BCUT2D eigenvalue weighted by Crippen LogP contribution is 2.16. The van der Waals surface area contributed by atoms with Gasteiger partial charge in [0.2, 0.25) is 0 Å². The summed E-state index contributed by atoms with van der Waals surface area (Å²) in [5.41, 5.74) is 3.26. The Kier molecular flexibility index (Phi) is 6.44. The summed E-state index contributed by atoms with van der Waals surface area (Å²) in [6.45, 7) is 1.39. The fraction of sp³-hybridized carbons (Fsp3) is 0.250. The van der Waals surface area contributed by atoms with Gasteiger partial charge in [0, 0.05) is 26.8 Å². The number of nitrogens with zero attached hydrogens (tertiary/aromatic N) is 4. The number of imidazole rings is 1. The Morgan fingerprint density at radius 1 is 1.15 bits per heavy atom. The minimum atomic E-state index is 0.510. The molecule has 6 nitrogen and oxygen atoms in total. The van der Waals surface area contributed by atoms with Crippen molar-refractivity contribution in [3.8, 4) is 11.3 Å². The Hall–Kier alpha value is -2.86. The van der Waals surface area contributed by atoms with Gasteiger partial charge in [-0.1, -0.05) is 48.0 Å². The molecule has 0 aliphatic carbocycles. The highest BCUT2D eigenvalue weighted by Gasteiger charge is 2.09. The number of aliphatic imine (C=N–C) groups is 1. The maximum atomic E-state index is 5.82. The van der Waals surface area contributed by atoms with Crippen molar-refractivity contribution in [2.45, 2.75) is 13.0 Å². The van der Waals surface area contributed by atoms with Crippen LogP contribution in [0.15, 0.2) is 59.9 Å². The standard InChI is InChI=1S/C20H23ClN6/c1-22-20(23-11-10-15-8-9-18(21)24-12-15)27(2)14-19-25-13-17(26-19)16-6-4-3-5-7-16/h3-9,12-13H,10-11,14H2,1-2H3,(H,22,23)(H,25,26). The molecule has 140 valence electrons. The van der Waals surface area contributed by atoms with Crippen LogP contribution in [0.3, 0.4) is 0 Å². The highest BCUT2D eigenvalue weighted by atomic mass is 35.5. The number of hydrogen-bond acceptors (Lipinski definition) is 3. The van der Waals surface area contributed by atoms with Crippen LogP contribution in [0.25, 0.3) is 11.3 Å². The zero-order chi connectivity index (χ0) is 19.1. The molecule has 0 aliphatic rings.